The van der Waals surface area contributed by atoms with Gasteiger partial charge in [0, 0.05) is 5.54 Å². The Morgan fingerprint density at radius 1 is 0.905 bits per heavy atom. The van der Waals surface area contributed by atoms with E-state index in [1.165, 1.54) is 12.8 Å². The zero-order valence-corrected chi connectivity index (χ0v) is 16.2. The highest BCUT2D eigenvalue weighted by Crippen LogP contribution is 2.60. The summed E-state index contributed by atoms with van der Waals surface area (Å²) in [6, 6.07) is 0. The molecule has 122 valence electrons. The summed E-state index contributed by atoms with van der Waals surface area (Å²) in [5.41, 5.74) is 1.28. The first-order valence-electron chi connectivity index (χ1n) is 9.47. The Balaban J connectivity index is 1.78. The lowest BCUT2D eigenvalue weighted by Gasteiger charge is -2.45. The van der Waals surface area contributed by atoms with Crippen LogP contribution in [-0.2, 0) is 0 Å². The highest BCUT2D eigenvalue weighted by Gasteiger charge is 2.53. The molecule has 0 radical (unpaired) electrons. The molecule has 21 heavy (non-hydrogen) atoms. The summed E-state index contributed by atoms with van der Waals surface area (Å²) in [4.78, 5) is 4.10. The first kappa shape index (κ1) is 16.0. The van der Waals surface area contributed by atoms with Crippen LogP contribution in [0.5, 0.6) is 0 Å². The number of hydrogen-bond donors (Lipinski definition) is 1. The molecule has 3 aliphatic carbocycles. The second kappa shape index (κ2) is 5.37. The highest BCUT2D eigenvalue weighted by molar-refractivity contribution is 6.76. The SMILES string of the molecule is C[C@@H]1CC2CC3CCCC3CC2[C@@H]1[Si](C)(C)NC(C)(C)C. The van der Waals surface area contributed by atoms with Gasteiger partial charge >= 0.3 is 0 Å². The molecule has 4 unspecified atom stereocenters. The topological polar surface area (TPSA) is 12.0 Å². The Labute approximate surface area is 133 Å². The molecule has 3 rings (SSSR count). The van der Waals surface area contributed by atoms with E-state index in [0.29, 0.717) is 0 Å². The van der Waals surface area contributed by atoms with Crippen molar-refractivity contribution < 1.29 is 0 Å². The Morgan fingerprint density at radius 2 is 1.52 bits per heavy atom. The van der Waals surface area contributed by atoms with Gasteiger partial charge in [-0.15, -0.1) is 0 Å². The van der Waals surface area contributed by atoms with Crippen LogP contribution < -0.4 is 4.98 Å². The monoisotopic (exact) mass is 307 g/mol. The fourth-order valence-electron chi connectivity index (χ4n) is 6.89. The zero-order chi connectivity index (χ0) is 15.4. The molecule has 0 amide bonds. The van der Waals surface area contributed by atoms with Gasteiger partial charge in [-0.05, 0) is 75.2 Å². The molecule has 1 N–H and O–H groups in total. The summed E-state index contributed by atoms with van der Waals surface area (Å²) in [7, 11) is -1.37. The van der Waals surface area contributed by atoms with Crippen molar-refractivity contribution in [3.8, 4) is 0 Å². The predicted molar refractivity (Wildman–Crippen MR) is 94.9 cm³/mol. The van der Waals surface area contributed by atoms with Crippen LogP contribution in [0.25, 0.3) is 0 Å². The van der Waals surface area contributed by atoms with Crippen LogP contribution in [0, 0.1) is 29.6 Å². The molecule has 0 aliphatic heterocycles. The largest absolute Gasteiger partial charge is 0.332 e. The van der Waals surface area contributed by atoms with Crippen LogP contribution in [0.2, 0.25) is 18.6 Å². The van der Waals surface area contributed by atoms with Crippen LogP contribution in [0.15, 0.2) is 0 Å². The normalized spacial score (nSPS) is 43.7. The molecule has 0 aromatic rings. The van der Waals surface area contributed by atoms with E-state index in [1.807, 2.05) is 0 Å². The maximum absolute atomic E-state index is 4.10. The van der Waals surface area contributed by atoms with Crippen LogP contribution in [0.3, 0.4) is 0 Å². The van der Waals surface area contributed by atoms with Crippen LogP contribution in [-0.4, -0.2) is 13.8 Å². The van der Waals surface area contributed by atoms with Gasteiger partial charge in [0.05, 0.1) is 0 Å². The molecule has 3 fully saturated rings. The molecule has 0 bridgehead atoms. The Hall–Kier alpha value is 0.177. The minimum absolute atomic E-state index is 0.276. The molecule has 0 aromatic carbocycles. The van der Waals surface area contributed by atoms with Crippen LogP contribution in [0.1, 0.15) is 66.2 Å². The molecular formula is C19H37NSi. The molecule has 0 spiro atoms. The molecule has 1 nitrogen and oxygen atoms in total. The molecule has 6 atom stereocenters. The average molecular weight is 308 g/mol. The Morgan fingerprint density at radius 3 is 2.14 bits per heavy atom. The first-order chi connectivity index (χ1) is 9.67. The summed E-state index contributed by atoms with van der Waals surface area (Å²) >= 11 is 0. The van der Waals surface area contributed by atoms with E-state index in [4.69, 9.17) is 0 Å². The predicted octanol–water partition coefficient (Wildman–Crippen LogP) is 5.43. The summed E-state index contributed by atoms with van der Waals surface area (Å²) in [6.07, 6.45) is 9.30. The van der Waals surface area contributed by atoms with Gasteiger partial charge in [0.1, 0.15) is 8.24 Å². The lowest BCUT2D eigenvalue weighted by atomic mass is 9.71. The number of fused-ring (bicyclic) bond motifs is 2. The van der Waals surface area contributed by atoms with Crippen molar-refractivity contribution in [1.82, 2.24) is 4.98 Å². The lowest BCUT2D eigenvalue weighted by Crippen LogP contribution is -2.59. The third kappa shape index (κ3) is 3.13. The third-order valence-corrected chi connectivity index (χ3v) is 10.9. The van der Waals surface area contributed by atoms with Crippen molar-refractivity contribution in [2.75, 3.05) is 0 Å². The van der Waals surface area contributed by atoms with Crippen LogP contribution >= 0.6 is 0 Å². The summed E-state index contributed by atoms with van der Waals surface area (Å²) < 4.78 is 0. The van der Waals surface area contributed by atoms with Crippen molar-refractivity contribution in [2.24, 2.45) is 29.6 Å². The Kier molecular flexibility index (Phi) is 4.10. The van der Waals surface area contributed by atoms with E-state index >= 15 is 0 Å². The second-order valence-electron chi connectivity index (χ2n) is 10.2. The number of nitrogens with one attached hydrogen (secondary N) is 1. The summed E-state index contributed by atoms with van der Waals surface area (Å²) in [5.74, 6) is 5.28. The third-order valence-electron chi connectivity index (χ3n) is 6.88. The maximum atomic E-state index is 4.10. The van der Waals surface area contributed by atoms with Gasteiger partial charge in [-0.25, -0.2) is 0 Å². The second-order valence-corrected chi connectivity index (χ2v) is 14.5. The maximum Gasteiger partial charge on any atom is 0.123 e. The van der Waals surface area contributed by atoms with Gasteiger partial charge in [0.2, 0.25) is 0 Å². The van der Waals surface area contributed by atoms with Crippen molar-refractivity contribution in [3.05, 3.63) is 0 Å². The first-order valence-corrected chi connectivity index (χ1v) is 12.5. The summed E-state index contributed by atoms with van der Waals surface area (Å²) in [5, 5.41) is 0. The molecule has 0 aromatic heterocycles. The number of hydrogen-bond acceptors (Lipinski definition) is 1. The van der Waals surface area contributed by atoms with Gasteiger partial charge in [-0.2, -0.15) is 0 Å². The van der Waals surface area contributed by atoms with Crippen molar-refractivity contribution in [3.63, 3.8) is 0 Å². The number of rotatable bonds is 2. The van der Waals surface area contributed by atoms with E-state index in [1.54, 1.807) is 25.7 Å². The van der Waals surface area contributed by atoms with Gasteiger partial charge in [-0.1, -0.05) is 39.3 Å². The highest BCUT2D eigenvalue weighted by atomic mass is 28.3. The smallest absolute Gasteiger partial charge is 0.123 e. The summed E-state index contributed by atoms with van der Waals surface area (Å²) in [6.45, 7) is 14.9. The molecule has 3 aliphatic rings. The van der Waals surface area contributed by atoms with E-state index in [-0.39, 0.29) is 5.54 Å². The quantitative estimate of drug-likeness (QED) is 0.671. The molecular weight excluding hydrogens is 270 g/mol. The lowest BCUT2D eigenvalue weighted by molar-refractivity contribution is 0.155. The van der Waals surface area contributed by atoms with Crippen molar-refractivity contribution in [1.29, 1.82) is 0 Å². The van der Waals surface area contributed by atoms with E-state index in [2.05, 4.69) is 45.8 Å². The fourth-order valence-corrected chi connectivity index (χ4v) is 12.0. The van der Waals surface area contributed by atoms with Crippen molar-refractivity contribution >= 4 is 8.24 Å². The Bertz CT molecular complexity index is 384. The minimum Gasteiger partial charge on any atom is -0.332 e. The molecule has 3 saturated carbocycles. The molecule has 2 heteroatoms. The average Bonchev–Trinajstić information content (AvgIpc) is 2.83. The van der Waals surface area contributed by atoms with E-state index in [9.17, 15) is 0 Å². The fraction of sp³-hybridized carbons (Fsp3) is 1.00. The van der Waals surface area contributed by atoms with Gasteiger partial charge in [0.25, 0.3) is 0 Å². The van der Waals surface area contributed by atoms with E-state index in [0.717, 1.165) is 35.1 Å². The standard InChI is InChI=1S/C19H37NSi/c1-13-10-16-11-14-8-7-9-15(14)12-17(16)18(13)21(5,6)20-19(2,3)4/h13-18,20H,7-12H2,1-6H3/t13-,14?,15?,16?,17?,18-/m1/s1. The minimum atomic E-state index is -1.37. The van der Waals surface area contributed by atoms with E-state index < -0.39 is 8.24 Å². The molecule has 0 saturated heterocycles. The van der Waals surface area contributed by atoms with Gasteiger partial charge < -0.3 is 4.98 Å². The van der Waals surface area contributed by atoms with Gasteiger partial charge in [0.15, 0.2) is 0 Å². The molecule has 0 heterocycles. The zero-order valence-electron chi connectivity index (χ0n) is 15.2. The van der Waals surface area contributed by atoms with Crippen molar-refractivity contribution in [2.45, 2.75) is 90.4 Å². The van der Waals surface area contributed by atoms with Crippen LogP contribution in [0.4, 0.5) is 0 Å². The van der Waals surface area contributed by atoms with Gasteiger partial charge in [-0.3, -0.25) is 0 Å².